The Kier molecular flexibility index (Phi) is 4.56. The van der Waals surface area contributed by atoms with Crippen molar-refractivity contribution in [1.29, 1.82) is 0 Å². The largest absolute Gasteiger partial charge is 0.480 e. The van der Waals surface area contributed by atoms with Crippen LogP contribution in [0.3, 0.4) is 0 Å². The molecule has 0 aliphatic carbocycles. The van der Waals surface area contributed by atoms with E-state index in [-0.39, 0.29) is 11.9 Å². The lowest BCUT2D eigenvalue weighted by Crippen LogP contribution is -2.60. The quantitative estimate of drug-likeness (QED) is 0.789. The molecule has 2 N–H and O–H groups in total. The summed E-state index contributed by atoms with van der Waals surface area (Å²) in [6.45, 7) is 8.75. The van der Waals surface area contributed by atoms with Crippen LogP contribution in [-0.4, -0.2) is 53.3 Å². The van der Waals surface area contributed by atoms with E-state index in [2.05, 4.69) is 5.32 Å². The molecule has 104 valence electrons. The van der Waals surface area contributed by atoms with Gasteiger partial charge in [0.2, 0.25) is 0 Å². The van der Waals surface area contributed by atoms with Gasteiger partial charge >= 0.3 is 12.0 Å². The molecule has 18 heavy (non-hydrogen) atoms. The van der Waals surface area contributed by atoms with E-state index < -0.39 is 17.6 Å². The topological polar surface area (TPSA) is 78.9 Å². The maximum Gasteiger partial charge on any atom is 0.326 e. The number of nitrogens with one attached hydrogen (secondary N) is 1. The fourth-order valence-electron chi connectivity index (χ4n) is 1.96. The Morgan fingerprint density at radius 1 is 1.39 bits per heavy atom. The summed E-state index contributed by atoms with van der Waals surface area (Å²) < 4.78 is 5.33. The average molecular weight is 258 g/mol. The van der Waals surface area contributed by atoms with Crippen molar-refractivity contribution in [2.45, 2.75) is 39.3 Å². The lowest BCUT2D eigenvalue weighted by Gasteiger charge is -2.42. The van der Waals surface area contributed by atoms with Crippen LogP contribution in [0.5, 0.6) is 0 Å². The van der Waals surface area contributed by atoms with Gasteiger partial charge < -0.3 is 20.1 Å². The van der Waals surface area contributed by atoms with Crippen molar-refractivity contribution in [1.82, 2.24) is 10.2 Å². The van der Waals surface area contributed by atoms with Crippen molar-refractivity contribution in [3.8, 4) is 0 Å². The van der Waals surface area contributed by atoms with Crippen LogP contribution in [0, 0.1) is 5.92 Å². The summed E-state index contributed by atoms with van der Waals surface area (Å²) in [5.74, 6) is -1.17. The maximum atomic E-state index is 12.1. The molecule has 0 saturated carbocycles. The molecule has 1 aliphatic heterocycles. The van der Waals surface area contributed by atoms with Crippen LogP contribution in [0.25, 0.3) is 0 Å². The number of aliphatic carboxylic acids is 1. The van der Waals surface area contributed by atoms with Crippen LogP contribution in [0.2, 0.25) is 0 Å². The number of carboxylic acid groups (broad SMARTS) is 1. The molecule has 6 heteroatoms. The third-order valence-electron chi connectivity index (χ3n) is 3.10. The van der Waals surface area contributed by atoms with Gasteiger partial charge in [0.05, 0.1) is 18.8 Å². The average Bonchev–Trinajstić information content (AvgIpc) is 2.23. The molecule has 0 aromatic carbocycles. The predicted molar refractivity (Wildman–Crippen MR) is 66.4 cm³/mol. The van der Waals surface area contributed by atoms with Gasteiger partial charge in [0, 0.05) is 6.54 Å². The first kappa shape index (κ1) is 14.8. The minimum Gasteiger partial charge on any atom is -0.480 e. The maximum absolute atomic E-state index is 12.1. The number of carboxylic acids is 1. The van der Waals surface area contributed by atoms with Crippen LogP contribution in [0.15, 0.2) is 0 Å². The fourth-order valence-corrected chi connectivity index (χ4v) is 1.96. The molecule has 2 amide bonds. The van der Waals surface area contributed by atoms with Crippen molar-refractivity contribution in [2.75, 3.05) is 19.8 Å². The summed E-state index contributed by atoms with van der Waals surface area (Å²) >= 11 is 0. The molecule has 1 heterocycles. The molecular weight excluding hydrogens is 236 g/mol. The minimum absolute atomic E-state index is 0.157. The van der Waals surface area contributed by atoms with Gasteiger partial charge in [0.15, 0.2) is 0 Å². The number of morpholine rings is 1. The van der Waals surface area contributed by atoms with Gasteiger partial charge in [0.1, 0.15) is 6.04 Å². The molecule has 1 fully saturated rings. The monoisotopic (exact) mass is 258 g/mol. The fraction of sp³-hybridized carbons (Fsp3) is 0.833. The minimum atomic E-state index is -1.01. The summed E-state index contributed by atoms with van der Waals surface area (Å²) in [5.41, 5.74) is -0.414. The first-order chi connectivity index (χ1) is 8.25. The molecule has 0 aromatic rings. The van der Waals surface area contributed by atoms with Crippen LogP contribution < -0.4 is 5.32 Å². The SMILES string of the molecule is CC(C)C(NC(=O)N1CCOCC1(C)C)C(=O)O. The zero-order chi connectivity index (χ0) is 13.9. The highest BCUT2D eigenvalue weighted by molar-refractivity contribution is 5.83. The lowest BCUT2D eigenvalue weighted by atomic mass is 10.0. The van der Waals surface area contributed by atoms with E-state index in [0.29, 0.717) is 19.8 Å². The lowest BCUT2D eigenvalue weighted by molar-refractivity contribution is -0.140. The van der Waals surface area contributed by atoms with Crippen molar-refractivity contribution >= 4 is 12.0 Å². The summed E-state index contributed by atoms with van der Waals surface area (Å²) in [5, 5.41) is 11.6. The van der Waals surface area contributed by atoms with E-state index >= 15 is 0 Å². The van der Waals surface area contributed by atoms with Gasteiger partial charge in [-0.05, 0) is 19.8 Å². The Labute approximate surface area is 107 Å². The van der Waals surface area contributed by atoms with E-state index in [1.807, 2.05) is 13.8 Å². The normalized spacial score (nSPS) is 20.6. The Morgan fingerprint density at radius 2 is 2.00 bits per heavy atom. The molecule has 0 radical (unpaired) electrons. The number of ether oxygens (including phenoxy) is 1. The number of hydrogen-bond acceptors (Lipinski definition) is 3. The van der Waals surface area contributed by atoms with Gasteiger partial charge in [-0.1, -0.05) is 13.8 Å². The van der Waals surface area contributed by atoms with Gasteiger partial charge in [-0.25, -0.2) is 9.59 Å². The third kappa shape index (κ3) is 3.35. The molecule has 6 nitrogen and oxygen atoms in total. The van der Waals surface area contributed by atoms with Crippen molar-refractivity contribution < 1.29 is 19.4 Å². The van der Waals surface area contributed by atoms with Crippen LogP contribution >= 0.6 is 0 Å². The molecule has 0 spiro atoms. The van der Waals surface area contributed by atoms with E-state index in [1.54, 1.807) is 18.7 Å². The number of carbonyl (C=O) groups is 2. The number of amides is 2. The van der Waals surface area contributed by atoms with Gasteiger partial charge in [-0.3, -0.25) is 0 Å². The van der Waals surface area contributed by atoms with Gasteiger partial charge in [-0.15, -0.1) is 0 Å². The first-order valence-electron chi connectivity index (χ1n) is 6.14. The van der Waals surface area contributed by atoms with Crippen molar-refractivity contribution in [3.63, 3.8) is 0 Å². The highest BCUT2D eigenvalue weighted by Gasteiger charge is 2.36. The van der Waals surface area contributed by atoms with E-state index in [9.17, 15) is 9.59 Å². The van der Waals surface area contributed by atoms with Crippen LogP contribution in [0.4, 0.5) is 4.79 Å². The summed E-state index contributed by atoms with van der Waals surface area (Å²) in [4.78, 5) is 24.8. The first-order valence-corrected chi connectivity index (χ1v) is 6.14. The highest BCUT2D eigenvalue weighted by Crippen LogP contribution is 2.19. The third-order valence-corrected chi connectivity index (χ3v) is 3.10. The Morgan fingerprint density at radius 3 is 2.44 bits per heavy atom. The molecule has 0 bridgehead atoms. The molecule has 1 unspecified atom stereocenters. The second kappa shape index (κ2) is 5.56. The van der Waals surface area contributed by atoms with Crippen LogP contribution in [0.1, 0.15) is 27.7 Å². The molecule has 1 saturated heterocycles. The van der Waals surface area contributed by atoms with E-state index in [4.69, 9.17) is 9.84 Å². The number of urea groups is 1. The molecule has 1 rings (SSSR count). The molecule has 1 aliphatic rings. The molecule has 0 aromatic heterocycles. The van der Waals surface area contributed by atoms with Gasteiger partial charge in [-0.2, -0.15) is 0 Å². The van der Waals surface area contributed by atoms with Gasteiger partial charge in [0.25, 0.3) is 0 Å². The number of hydrogen-bond donors (Lipinski definition) is 2. The highest BCUT2D eigenvalue weighted by atomic mass is 16.5. The summed E-state index contributed by atoms with van der Waals surface area (Å²) in [7, 11) is 0. The Hall–Kier alpha value is -1.30. The smallest absolute Gasteiger partial charge is 0.326 e. The van der Waals surface area contributed by atoms with E-state index in [1.165, 1.54) is 0 Å². The number of rotatable bonds is 3. The summed E-state index contributed by atoms with van der Waals surface area (Å²) in [6, 6.07) is -1.21. The van der Waals surface area contributed by atoms with Crippen LogP contribution in [-0.2, 0) is 9.53 Å². The standard InChI is InChI=1S/C12H22N2O4/c1-8(2)9(10(15)16)13-11(17)14-5-6-18-7-12(14,3)4/h8-9H,5-7H2,1-4H3,(H,13,17)(H,15,16). The number of carbonyl (C=O) groups excluding carboxylic acids is 1. The van der Waals surface area contributed by atoms with Crippen molar-refractivity contribution in [3.05, 3.63) is 0 Å². The zero-order valence-corrected chi connectivity index (χ0v) is 11.4. The number of nitrogens with zero attached hydrogens (tertiary/aromatic N) is 1. The molecular formula is C12H22N2O4. The van der Waals surface area contributed by atoms with Crippen molar-refractivity contribution in [2.24, 2.45) is 5.92 Å². The van der Waals surface area contributed by atoms with E-state index in [0.717, 1.165) is 0 Å². The Balaban J connectivity index is 2.71. The Bertz CT molecular complexity index is 328. The predicted octanol–water partition coefficient (Wildman–Crippen LogP) is 0.916. The second-order valence-corrected chi connectivity index (χ2v) is 5.53. The summed E-state index contributed by atoms with van der Waals surface area (Å²) in [6.07, 6.45) is 0. The zero-order valence-electron chi connectivity index (χ0n) is 11.4. The second-order valence-electron chi connectivity index (χ2n) is 5.53. The molecule has 1 atom stereocenters.